The van der Waals surface area contributed by atoms with Crippen molar-refractivity contribution in [2.75, 3.05) is 4.90 Å². The Labute approximate surface area is 325 Å². The first-order valence-electron chi connectivity index (χ1n) is 19.2. The minimum atomic E-state index is 0.869. The topological polar surface area (TPSA) is 16.4 Å². The Hall–Kier alpha value is -7.42. The molecule has 0 fully saturated rings. The van der Waals surface area contributed by atoms with E-state index in [4.69, 9.17) is 4.42 Å². The number of benzene rings is 10. The Morgan fingerprint density at radius 3 is 1.73 bits per heavy atom. The Morgan fingerprint density at radius 2 is 0.893 bits per heavy atom. The fourth-order valence-corrected chi connectivity index (χ4v) is 8.44. The van der Waals surface area contributed by atoms with Gasteiger partial charge in [0.2, 0.25) is 0 Å². The van der Waals surface area contributed by atoms with Crippen LogP contribution in [0.2, 0.25) is 0 Å². The van der Waals surface area contributed by atoms with Crippen molar-refractivity contribution in [1.29, 1.82) is 0 Å². The number of fused-ring (bicyclic) bond motifs is 7. The highest BCUT2D eigenvalue weighted by Gasteiger charge is 2.23. The van der Waals surface area contributed by atoms with Crippen LogP contribution in [0.3, 0.4) is 0 Å². The average Bonchev–Trinajstić information content (AvgIpc) is 3.67. The zero-order valence-corrected chi connectivity index (χ0v) is 30.6. The summed E-state index contributed by atoms with van der Waals surface area (Å²) in [6.45, 7) is 0. The molecule has 0 atom stereocenters. The molecule has 0 saturated carbocycles. The molecular formula is C54H35NO. The molecule has 1 aromatic heterocycles. The van der Waals surface area contributed by atoms with Crippen LogP contribution in [0.1, 0.15) is 0 Å². The van der Waals surface area contributed by atoms with Gasteiger partial charge in [0.15, 0.2) is 0 Å². The van der Waals surface area contributed by atoms with Gasteiger partial charge in [-0.3, -0.25) is 0 Å². The highest BCUT2D eigenvalue weighted by Crippen LogP contribution is 2.47. The molecule has 0 aliphatic rings. The molecule has 0 bridgehead atoms. The summed E-state index contributed by atoms with van der Waals surface area (Å²) in [6.07, 6.45) is 0. The fraction of sp³-hybridized carbons (Fsp3) is 0. The van der Waals surface area contributed by atoms with E-state index in [2.05, 4.69) is 217 Å². The number of furan rings is 1. The average molecular weight is 714 g/mol. The number of nitrogens with zero attached hydrogens (tertiary/aromatic N) is 1. The first-order chi connectivity index (χ1) is 27.7. The van der Waals surface area contributed by atoms with E-state index in [1.807, 2.05) is 0 Å². The van der Waals surface area contributed by atoms with Gasteiger partial charge in [-0.15, -0.1) is 0 Å². The smallest absolute Gasteiger partial charge is 0.145 e. The van der Waals surface area contributed by atoms with E-state index in [-0.39, 0.29) is 0 Å². The Morgan fingerprint density at radius 1 is 0.321 bits per heavy atom. The Balaban J connectivity index is 1.10. The first-order valence-corrected chi connectivity index (χ1v) is 19.2. The Kier molecular flexibility index (Phi) is 7.53. The van der Waals surface area contributed by atoms with Crippen molar-refractivity contribution in [1.82, 2.24) is 0 Å². The van der Waals surface area contributed by atoms with Gasteiger partial charge < -0.3 is 9.32 Å². The van der Waals surface area contributed by atoms with Gasteiger partial charge in [-0.1, -0.05) is 164 Å². The molecule has 0 amide bonds. The molecule has 56 heavy (non-hydrogen) atoms. The van der Waals surface area contributed by atoms with Gasteiger partial charge in [0, 0.05) is 22.3 Å². The zero-order chi connectivity index (χ0) is 37.0. The standard InChI is InChI=1S/C54H35NO/c1-2-10-36(11-3-1)38-18-21-41(22-19-38)49-32-33-51(53-50-16-8-9-17-52(50)56-54(49)53)55(46-30-31-48-44(35-46)25-23-40-13-6-7-15-47(40)48)45-28-26-39(27-29-45)43-24-20-37-12-4-5-14-42(37)34-43/h1-35H. The number of hydrogen-bond acceptors (Lipinski definition) is 2. The molecule has 11 aromatic rings. The summed E-state index contributed by atoms with van der Waals surface area (Å²) in [5, 5.41) is 9.60. The lowest BCUT2D eigenvalue weighted by molar-refractivity contribution is 0.670. The largest absolute Gasteiger partial charge is 0.455 e. The van der Waals surface area contributed by atoms with Crippen LogP contribution in [0.4, 0.5) is 17.1 Å². The molecule has 262 valence electrons. The second-order valence-corrected chi connectivity index (χ2v) is 14.5. The molecule has 0 aliphatic heterocycles. The summed E-state index contributed by atoms with van der Waals surface area (Å²) >= 11 is 0. The van der Waals surface area contributed by atoms with Crippen LogP contribution in [0.5, 0.6) is 0 Å². The van der Waals surface area contributed by atoms with E-state index in [9.17, 15) is 0 Å². The van der Waals surface area contributed by atoms with Crippen molar-refractivity contribution in [3.8, 4) is 33.4 Å². The molecule has 1 heterocycles. The van der Waals surface area contributed by atoms with Crippen molar-refractivity contribution in [3.63, 3.8) is 0 Å². The van der Waals surface area contributed by atoms with Crippen LogP contribution in [0, 0.1) is 0 Å². The third kappa shape index (κ3) is 5.42. The highest BCUT2D eigenvalue weighted by molar-refractivity contribution is 6.17. The van der Waals surface area contributed by atoms with Gasteiger partial charge >= 0.3 is 0 Å². The monoisotopic (exact) mass is 713 g/mol. The molecule has 0 unspecified atom stereocenters. The lowest BCUT2D eigenvalue weighted by Crippen LogP contribution is -2.10. The van der Waals surface area contributed by atoms with Crippen LogP contribution in [0.25, 0.3) is 87.6 Å². The summed E-state index contributed by atoms with van der Waals surface area (Å²) in [4.78, 5) is 2.39. The zero-order valence-electron chi connectivity index (χ0n) is 30.6. The lowest BCUT2D eigenvalue weighted by Gasteiger charge is -2.27. The first kappa shape index (κ1) is 32.0. The van der Waals surface area contributed by atoms with Gasteiger partial charge in [0.1, 0.15) is 11.2 Å². The third-order valence-corrected chi connectivity index (χ3v) is 11.2. The van der Waals surface area contributed by atoms with Crippen molar-refractivity contribution in [2.45, 2.75) is 0 Å². The predicted molar refractivity (Wildman–Crippen MR) is 237 cm³/mol. The summed E-state index contributed by atoms with van der Waals surface area (Å²) in [5.41, 5.74) is 11.9. The van der Waals surface area contributed by atoms with Crippen molar-refractivity contribution in [3.05, 3.63) is 212 Å². The SMILES string of the molecule is c1ccc(-c2ccc(-c3ccc(N(c4ccc(-c5ccc6ccccc6c5)cc4)c4ccc5c(ccc6ccccc65)c4)c4c3oc3ccccc34)cc2)cc1. The number of anilines is 3. The molecule has 0 N–H and O–H groups in total. The van der Waals surface area contributed by atoms with Gasteiger partial charge in [-0.05, 0) is 109 Å². The lowest BCUT2D eigenvalue weighted by atomic mass is 9.97. The summed E-state index contributed by atoms with van der Waals surface area (Å²) in [6, 6.07) is 76.4. The van der Waals surface area contributed by atoms with Crippen molar-refractivity contribution < 1.29 is 4.42 Å². The number of rotatable bonds is 6. The number of hydrogen-bond donors (Lipinski definition) is 0. The molecule has 0 spiro atoms. The van der Waals surface area contributed by atoms with Crippen LogP contribution in [-0.2, 0) is 0 Å². The molecule has 0 radical (unpaired) electrons. The van der Waals surface area contributed by atoms with E-state index < -0.39 is 0 Å². The highest BCUT2D eigenvalue weighted by atomic mass is 16.3. The molecule has 10 aromatic carbocycles. The maximum Gasteiger partial charge on any atom is 0.145 e. The van der Waals surface area contributed by atoms with Gasteiger partial charge in [-0.25, -0.2) is 0 Å². The number of para-hydroxylation sites is 1. The predicted octanol–water partition coefficient (Wildman–Crippen LogP) is 15.5. The van der Waals surface area contributed by atoms with Crippen LogP contribution < -0.4 is 4.90 Å². The summed E-state index contributed by atoms with van der Waals surface area (Å²) in [7, 11) is 0. The van der Waals surface area contributed by atoms with E-state index >= 15 is 0 Å². The van der Waals surface area contributed by atoms with Gasteiger partial charge in [0.25, 0.3) is 0 Å². The molecule has 2 nitrogen and oxygen atoms in total. The normalized spacial score (nSPS) is 11.6. The minimum absolute atomic E-state index is 0.869. The molecule has 2 heteroatoms. The second kappa shape index (κ2) is 13.2. The van der Waals surface area contributed by atoms with E-state index in [1.165, 1.54) is 54.6 Å². The summed E-state index contributed by atoms with van der Waals surface area (Å²) < 4.78 is 6.82. The molecular weight excluding hydrogens is 679 g/mol. The molecule has 0 aliphatic carbocycles. The van der Waals surface area contributed by atoms with Crippen molar-refractivity contribution in [2.24, 2.45) is 0 Å². The van der Waals surface area contributed by atoms with E-state index in [0.29, 0.717) is 0 Å². The molecule has 0 saturated heterocycles. The Bertz CT molecular complexity index is 3230. The minimum Gasteiger partial charge on any atom is -0.455 e. The molecule has 11 rings (SSSR count). The van der Waals surface area contributed by atoms with Crippen LogP contribution in [0.15, 0.2) is 217 Å². The maximum absolute atomic E-state index is 6.82. The van der Waals surface area contributed by atoms with Crippen LogP contribution >= 0.6 is 0 Å². The quantitative estimate of drug-likeness (QED) is 0.160. The van der Waals surface area contributed by atoms with E-state index in [0.717, 1.165) is 50.1 Å². The van der Waals surface area contributed by atoms with Crippen LogP contribution in [-0.4, -0.2) is 0 Å². The van der Waals surface area contributed by atoms with E-state index in [1.54, 1.807) is 0 Å². The third-order valence-electron chi connectivity index (χ3n) is 11.2. The second-order valence-electron chi connectivity index (χ2n) is 14.5. The van der Waals surface area contributed by atoms with Crippen molar-refractivity contribution >= 4 is 71.3 Å². The summed E-state index contributed by atoms with van der Waals surface area (Å²) in [5.74, 6) is 0. The fourth-order valence-electron chi connectivity index (χ4n) is 8.44. The van der Waals surface area contributed by atoms with Gasteiger partial charge in [0.05, 0.1) is 11.1 Å². The maximum atomic E-state index is 6.82. The van der Waals surface area contributed by atoms with Gasteiger partial charge in [-0.2, -0.15) is 0 Å².